The molecule has 3 aromatic rings. The van der Waals surface area contributed by atoms with E-state index in [1.54, 1.807) is 18.5 Å². The normalized spacial score (nSPS) is 11.7. The highest BCUT2D eigenvalue weighted by Gasteiger charge is 2.27. The molecule has 1 aromatic heterocycles. The van der Waals surface area contributed by atoms with Gasteiger partial charge in [0.05, 0.1) is 28.7 Å². The van der Waals surface area contributed by atoms with Gasteiger partial charge in [-0.3, -0.25) is 9.59 Å². The van der Waals surface area contributed by atoms with Crippen molar-refractivity contribution in [1.82, 2.24) is 15.1 Å². The van der Waals surface area contributed by atoms with E-state index in [2.05, 4.69) is 10.4 Å². The van der Waals surface area contributed by atoms with E-state index in [1.807, 2.05) is 69.3 Å². The number of para-hydroxylation sites is 1. The Hall–Kier alpha value is -3.74. The van der Waals surface area contributed by atoms with Crippen LogP contribution in [-0.4, -0.2) is 34.0 Å². The van der Waals surface area contributed by atoms with Crippen molar-refractivity contribution in [3.8, 4) is 5.69 Å². The minimum absolute atomic E-state index is 0.183. The fraction of sp³-hybridized carbons (Fsp3) is 0.280. The molecule has 1 amide bonds. The van der Waals surface area contributed by atoms with Crippen molar-refractivity contribution in [2.75, 3.05) is 6.61 Å². The number of ether oxygens (including phenoxy) is 1. The van der Waals surface area contributed by atoms with Crippen LogP contribution in [0.2, 0.25) is 0 Å². The van der Waals surface area contributed by atoms with Crippen molar-refractivity contribution in [2.45, 2.75) is 40.7 Å². The molecule has 7 nitrogen and oxygen atoms in total. The molecule has 0 bridgehead atoms. The number of hydrogen-bond acceptors (Lipinski definition) is 5. The van der Waals surface area contributed by atoms with Gasteiger partial charge in [0.15, 0.2) is 6.61 Å². The molecule has 0 radical (unpaired) electrons. The molecule has 7 heteroatoms. The topological polar surface area (TPSA) is 90.3 Å². The second-order valence-corrected chi connectivity index (χ2v) is 7.83. The third kappa shape index (κ3) is 4.94. The molecule has 0 spiro atoms. The van der Waals surface area contributed by atoms with Crippen LogP contribution in [0.25, 0.3) is 5.69 Å². The summed E-state index contributed by atoms with van der Waals surface area (Å²) in [6.45, 7) is 8.71. The number of rotatable bonds is 7. The zero-order valence-electron chi connectivity index (χ0n) is 18.9. The molecule has 1 atom stereocenters. The molecule has 0 saturated carbocycles. The first-order valence-electron chi connectivity index (χ1n) is 10.4. The Balaban J connectivity index is 1.62. The lowest BCUT2D eigenvalue weighted by molar-refractivity contribution is -0.144. The lowest BCUT2D eigenvalue weighted by atomic mass is 10.0. The van der Waals surface area contributed by atoms with Gasteiger partial charge in [0.1, 0.15) is 0 Å². The Morgan fingerprint density at radius 3 is 2.34 bits per heavy atom. The van der Waals surface area contributed by atoms with Crippen molar-refractivity contribution in [2.24, 2.45) is 0 Å². The number of benzene rings is 2. The Morgan fingerprint density at radius 1 is 1.00 bits per heavy atom. The van der Waals surface area contributed by atoms with Crippen LogP contribution in [0.3, 0.4) is 0 Å². The Labute approximate surface area is 187 Å². The van der Waals surface area contributed by atoms with E-state index in [0.717, 1.165) is 16.8 Å². The molecular weight excluding hydrogens is 406 g/mol. The molecule has 0 aliphatic carbocycles. The molecule has 0 fully saturated rings. The zero-order valence-corrected chi connectivity index (χ0v) is 18.9. The molecule has 0 saturated heterocycles. The van der Waals surface area contributed by atoms with Crippen LogP contribution in [0.4, 0.5) is 0 Å². The third-order valence-electron chi connectivity index (χ3n) is 5.45. The average Bonchev–Trinajstić information content (AvgIpc) is 3.07. The first-order valence-corrected chi connectivity index (χ1v) is 10.4. The first-order chi connectivity index (χ1) is 15.2. The highest BCUT2D eigenvalue weighted by Crippen LogP contribution is 2.19. The molecule has 1 unspecified atom stereocenters. The maximum absolute atomic E-state index is 12.7. The van der Waals surface area contributed by atoms with E-state index in [0.29, 0.717) is 11.4 Å². The van der Waals surface area contributed by atoms with Gasteiger partial charge >= 0.3 is 5.97 Å². The van der Waals surface area contributed by atoms with Crippen LogP contribution < -0.4 is 5.32 Å². The second-order valence-electron chi connectivity index (χ2n) is 7.83. The number of Topliss-reactive ketones (excluding diaryl/α,β-unsaturated/α-hetero) is 1. The maximum atomic E-state index is 12.7. The summed E-state index contributed by atoms with van der Waals surface area (Å²) in [6.07, 6.45) is 0. The van der Waals surface area contributed by atoms with Crippen molar-refractivity contribution in [3.63, 3.8) is 0 Å². The van der Waals surface area contributed by atoms with E-state index in [1.165, 1.54) is 5.56 Å². The van der Waals surface area contributed by atoms with Crippen molar-refractivity contribution < 1.29 is 19.1 Å². The van der Waals surface area contributed by atoms with Gasteiger partial charge in [0, 0.05) is 0 Å². The number of hydrogen-bond donors (Lipinski definition) is 1. The van der Waals surface area contributed by atoms with Gasteiger partial charge in [0.25, 0.3) is 11.7 Å². The average molecular weight is 434 g/mol. The van der Waals surface area contributed by atoms with Gasteiger partial charge in [-0.25, -0.2) is 9.48 Å². The van der Waals surface area contributed by atoms with Crippen molar-refractivity contribution >= 4 is 17.7 Å². The standard InChI is InChI=1S/C25H27N3O4/c1-15-11-12-20(13-16(15)2)17(3)26-22(29)14-32-25(31)24(30)23-18(4)27-28(19(23)5)21-9-7-6-8-10-21/h6-13,17H,14H2,1-5H3,(H,26,29). The number of carbonyl (C=O) groups is 3. The van der Waals surface area contributed by atoms with Crippen molar-refractivity contribution in [1.29, 1.82) is 0 Å². The predicted octanol–water partition coefficient (Wildman–Crippen LogP) is 3.71. The summed E-state index contributed by atoms with van der Waals surface area (Å²) in [6, 6.07) is 15.0. The van der Waals surface area contributed by atoms with E-state index in [9.17, 15) is 14.4 Å². The summed E-state index contributed by atoms with van der Waals surface area (Å²) < 4.78 is 6.59. The molecule has 1 heterocycles. The zero-order chi connectivity index (χ0) is 23.4. The second kappa shape index (κ2) is 9.60. The molecular formula is C25H27N3O4. The van der Waals surface area contributed by atoms with E-state index in [-0.39, 0.29) is 11.6 Å². The number of aryl methyl sites for hydroxylation is 3. The number of carbonyl (C=O) groups excluding carboxylic acids is 3. The predicted molar refractivity (Wildman–Crippen MR) is 121 cm³/mol. The fourth-order valence-electron chi connectivity index (χ4n) is 3.49. The SMILES string of the molecule is Cc1ccc(C(C)NC(=O)COC(=O)C(=O)c2c(C)nn(-c3ccccc3)c2C)cc1C. The van der Waals surface area contributed by atoms with Gasteiger partial charge in [-0.15, -0.1) is 0 Å². The molecule has 32 heavy (non-hydrogen) atoms. The Morgan fingerprint density at radius 2 is 1.69 bits per heavy atom. The van der Waals surface area contributed by atoms with Gasteiger partial charge in [0.2, 0.25) is 0 Å². The monoisotopic (exact) mass is 433 g/mol. The molecule has 3 rings (SSSR count). The third-order valence-corrected chi connectivity index (χ3v) is 5.45. The molecule has 166 valence electrons. The molecule has 0 aliphatic heterocycles. The fourth-order valence-corrected chi connectivity index (χ4v) is 3.49. The minimum Gasteiger partial charge on any atom is -0.450 e. The first kappa shape index (κ1) is 22.9. The quantitative estimate of drug-likeness (QED) is 0.349. The van der Waals surface area contributed by atoms with Crippen molar-refractivity contribution in [3.05, 3.63) is 82.2 Å². The van der Waals surface area contributed by atoms with Crippen LogP contribution in [0.5, 0.6) is 0 Å². The van der Waals surface area contributed by atoms with Crippen LogP contribution >= 0.6 is 0 Å². The number of nitrogens with zero attached hydrogens (tertiary/aromatic N) is 2. The van der Waals surface area contributed by atoms with Gasteiger partial charge < -0.3 is 10.1 Å². The molecule has 1 N–H and O–H groups in total. The van der Waals surface area contributed by atoms with Gasteiger partial charge in [-0.2, -0.15) is 5.10 Å². The van der Waals surface area contributed by atoms with E-state index < -0.39 is 24.3 Å². The number of nitrogens with one attached hydrogen (secondary N) is 1. The van der Waals surface area contributed by atoms with E-state index >= 15 is 0 Å². The molecule has 0 aliphatic rings. The van der Waals surface area contributed by atoms with Crippen LogP contribution in [0.1, 0.15) is 51.4 Å². The molecule has 2 aromatic carbocycles. The number of aromatic nitrogens is 2. The minimum atomic E-state index is -1.09. The Bertz CT molecular complexity index is 1170. The maximum Gasteiger partial charge on any atom is 0.380 e. The summed E-state index contributed by atoms with van der Waals surface area (Å²) >= 11 is 0. The van der Waals surface area contributed by atoms with Gasteiger partial charge in [-0.05, 0) is 63.4 Å². The highest BCUT2D eigenvalue weighted by atomic mass is 16.5. The largest absolute Gasteiger partial charge is 0.450 e. The van der Waals surface area contributed by atoms with Crippen LogP contribution in [-0.2, 0) is 14.3 Å². The number of esters is 1. The number of amides is 1. The van der Waals surface area contributed by atoms with Crippen LogP contribution in [0.15, 0.2) is 48.5 Å². The highest BCUT2D eigenvalue weighted by molar-refractivity contribution is 6.41. The van der Waals surface area contributed by atoms with E-state index in [4.69, 9.17) is 4.74 Å². The Kier molecular flexibility index (Phi) is 6.88. The summed E-state index contributed by atoms with van der Waals surface area (Å²) in [5, 5.41) is 7.16. The summed E-state index contributed by atoms with van der Waals surface area (Å²) in [5.74, 6) is -2.39. The van der Waals surface area contributed by atoms with Gasteiger partial charge in [-0.1, -0.05) is 36.4 Å². The smallest absolute Gasteiger partial charge is 0.380 e. The summed E-state index contributed by atoms with van der Waals surface area (Å²) in [5.41, 5.74) is 5.15. The number of ketones is 1. The lowest BCUT2D eigenvalue weighted by Gasteiger charge is -2.15. The summed E-state index contributed by atoms with van der Waals surface area (Å²) in [4.78, 5) is 37.3. The lowest BCUT2D eigenvalue weighted by Crippen LogP contribution is -2.32. The summed E-state index contributed by atoms with van der Waals surface area (Å²) in [7, 11) is 0. The van der Waals surface area contributed by atoms with Crippen LogP contribution in [0, 0.1) is 27.7 Å².